The standard InChI is InChI=1S/C20H20N4O2/c1-3-14-5-8-17(9-6-14)24-12-16(10-18(24)25)19-22-20(26-23-19)15-7-4-13(2)21-11-15/h4-9,11,16H,3,10,12H2,1-2H3. The van der Waals surface area contributed by atoms with Crippen molar-refractivity contribution in [3.05, 3.63) is 59.7 Å². The zero-order chi connectivity index (χ0) is 18.1. The summed E-state index contributed by atoms with van der Waals surface area (Å²) in [6, 6.07) is 11.9. The van der Waals surface area contributed by atoms with E-state index in [2.05, 4.69) is 34.2 Å². The fourth-order valence-corrected chi connectivity index (χ4v) is 3.15. The van der Waals surface area contributed by atoms with E-state index in [1.165, 1.54) is 5.56 Å². The van der Waals surface area contributed by atoms with Crippen LogP contribution in [0.3, 0.4) is 0 Å². The molecule has 0 aliphatic carbocycles. The van der Waals surface area contributed by atoms with E-state index in [1.54, 1.807) is 11.1 Å². The molecule has 26 heavy (non-hydrogen) atoms. The Morgan fingerprint density at radius 2 is 2.00 bits per heavy atom. The van der Waals surface area contributed by atoms with E-state index in [4.69, 9.17) is 4.52 Å². The van der Waals surface area contributed by atoms with Crippen molar-refractivity contribution in [2.45, 2.75) is 32.6 Å². The molecule has 1 amide bonds. The van der Waals surface area contributed by atoms with Crippen LogP contribution in [-0.4, -0.2) is 27.6 Å². The van der Waals surface area contributed by atoms with Crippen molar-refractivity contribution in [2.75, 3.05) is 11.4 Å². The van der Waals surface area contributed by atoms with E-state index in [-0.39, 0.29) is 11.8 Å². The van der Waals surface area contributed by atoms with Gasteiger partial charge in [0, 0.05) is 36.5 Å². The first-order valence-corrected chi connectivity index (χ1v) is 8.80. The van der Waals surface area contributed by atoms with Crippen molar-refractivity contribution in [1.82, 2.24) is 15.1 Å². The van der Waals surface area contributed by atoms with Gasteiger partial charge in [0.25, 0.3) is 5.89 Å². The average molecular weight is 348 g/mol. The highest BCUT2D eigenvalue weighted by Crippen LogP contribution is 2.31. The molecule has 0 spiro atoms. The molecule has 2 aromatic heterocycles. The minimum atomic E-state index is -0.0655. The third kappa shape index (κ3) is 3.10. The molecule has 4 rings (SSSR count). The quantitative estimate of drug-likeness (QED) is 0.721. The van der Waals surface area contributed by atoms with Crippen LogP contribution in [0, 0.1) is 6.92 Å². The lowest BCUT2D eigenvalue weighted by molar-refractivity contribution is -0.117. The lowest BCUT2D eigenvalue weighted by Gasteiger charge is -2.16. The summed E-state index contributed by atoms with van der Waals surface area (Å²) in [6.45, 7) is 4.60. The largest absolute Gasteiger partial charge is 0.334 e. The number of amides is 1. The van der Waals surface area contributed by atoms with Crippen molar-refractivity contribution in [2.24, 2.45) is 0 Å². The molecule has 132 valence electrons. The molecule has 1 fully saturated rings. The Hall–Kier alpha value is -3.02. The number of aromatic nitrogens is 3. The summed E-state index contributed by atoms with van der Waals surface area (Å²) in [5, 5.41) is 4.09. The van der Waals surface area contributed by atoms with Crippen molar-refractivity contribution in [3.63, 3.8) is 0 Å². The highest BCUT2D eigenvalue weighted by Gasteiger charge is 2.34. The molecule has 0 radical (unpaired) electrons. The van der Waals surface area contributed by atoms with Crippen LogP contribution in [0.1, 0.15) is 36.3 Å². The Morgan fingerprint density at radius 3 is 2.69 bits per heavy atom. The maximum absolute atomic E-state index is 12.5. The molecule has 3 aromatic rings. The Balaban J connectivity index is 1.52. The first kappa shape index (κ1) is 16.4. The van der Waals surface area contributed by atoms with Crippen molar-refractivity contribution < 1.29 is 9.32 Å². The molecular weight excluding hydrogens is 328 g/mol. The summed E-state index contributed by atoms with van der Waals surface area (Å²) in [4.78, 5) is 23.0. The molecular formula is C20H20N4O2. The predicted octanol–water partition coefficient (Wildman–Crippen LogP) is 3.52. The fraction of sp³-hybridized carbons (Fsp3) is 0.300. The number of hydrogen-bond acceptors (Lipinski definition) is 5. The third-order valence-corrected chi connectivity index (χ3v) is 4.75. The summed E-state index contributed by atoms with van der Waals surface area (Å²) < 4.78 is 5.38. The summed E-state index contributed by atoms with van der Waals surface area (Å²) in [5.41, 5.74) is 3.89. The van der Waals surface area contributed by atoms with Gasteiger partial charge in [-0.1, -0.05) is 24.2 Å². The fourth-order valence-electron chi connectivity index (χ4n) is 3.15. The highest BCUT2D eigenvalue weighted by molar-refractivity contribution is 5.96. The van der Waals surface area contributed by atoms with Crippen molar-refractivity contribution >= 4 is 11.6 Å². The Morgan fingerprint density at radius 1 is 1.19 bits per heavy atom. The molecule has 0 saturated carbocycles. The van der Waals surface area contributed by atoms with Gasteiger partial charge < -0.3 is 9.42 Å². The molecule has 1 aliphatic heterocycles. The number of rotatable bonds is 4. The molecule has 1 atom stereocenters. The van der Waals surface area contributed by atoms with Gasteiger partial charge in [0.1, 0.15) is 0 Å². The van der Waals surface area contributed by atoms with Gasteiger partial charge in [-0.15, -0.1) is 0 Å². The predicted molar refractivity (Wildman–Crippen MR) is 97.8 cm³/mol. The third-order valence-electron chi connectivity index (χ3n) is 4.75. The molecule has 0 N–H and O–H groups in total. The zero-order valence-electron chi connectivity index (χ0n) is 14.8. The molecule has 0 bridgehead atoms. The molecule has 1 aromatic carbocycles. The minimum Gasteiger partial charge on any atom is -0.334 e. The number of anilines is 1. The zero-order valence-corrected chi connectivity index (χ0v) is 14.8. The number of carbonyl (C=O) groups is 1. The number of benzene rings is 1. The van der Waals surface area contributed by atoms with Crippen molar-refractivity contribution in [3.8, 4) is 11.5 Å². The van der Waals surface area contributed by atoms with Crippen LogP contribution in [0.2, 0.25) is 0 Å². The number of carbonyl (C=O) groups excluding carboxylic acids is 1. The van der Waals surface area contributed by atoms with Gasteiger partial charge in [-0.3, -0.25) is 9.78 Å². The van der Waals surface area contributed by atoms with Gasteiger partial charge in [0.05, 0.1) is 5.56 Å². The minimum absolute atomic E-state index is 0.0655. The summed E-state index contributed by atoms with van der Waals surface area (Å²) in [6.07, 6.45) is 3.09. The van der Waals surface area contributed by atoms with Crippen LogP contribution >= 0.6 is 0 Å². The molecule has 6 heteroatoms. The van der Waals surface area contributed by atoms with E-state index in [9.17, 15) is 4.79 Å². The van der Waals surface area contributed by atoms with E-state index in [0.717, 1.165) is 23.4 Å². The van der Waals surface area contributed by atoms with Crippen LogP contribution < -0.4 is 4.90 Å². The Bertz CT molecular complexity index is 916. The lowest BCUT2D eigenvalue weighted by Crippen LogP contribution is -2.24. The first-order valence-electron chi connectivity index (χ1n) is 8.80. The normalized spacial score (nSPS) is 17.1. The monoisotopic (exact) mass is 348 g/mol. The van der Waals surface area contributed by atoms with E-state index >= 15 is 0 Å². The van der Waals surface area contributed by atoms with E-state index in [0.29, 0.717) is 24.7 Å². The smallest absolute Gasteiger partial charge is 0.259 e. The number of nitrogens with zero attached hydrogens (tertiary/aromatic N) is 4. The topological polar surface area (TPSA) is 72.1 Å². The van der Waals surface area contributed by atoms with Gasteiger partial charge in [-0.2, -0.15) is 4.98 Å². The summed E-state index contributed by atoms with van der Waals surface area (Å²) in [7, 11) is 0. The molecule has 1 unspecified atom stereocenters. The highest BCUT2D eigenvalue weighted by atomic mass is 16.5. The number of pyridine rings is 1. The molecule has 3 heterocycles. The van der Waals surface area contributed by atoms with Gasteiger partial charge in [0.2, 0.25) is 5.91 Å². The maximum Gasteiger partial charge on any atom is 0.259 e. The van der Waals surface area contributed by atoms with E-state index < -0.39 is 0 Å². The molecule has 1 saturated heterocycles. The Kier molecular flexibility index (Phi) is 4.24. The van der Waals surface area contributed by atoms with Gasteiger partial charge >= 0.3 is 0 Å². The summed E-state index contributed by atoms with van der Waals surface area (Å²) in [5.74, 6) is 1.03. The maximum atomic E-state index is 12.5. The van der Waals surface area contributed by atoms with Gasteiger partial charge in [-0.25, -0.2) is 0 Å². The van der Waals surface area contributed by atoms with Gasteiger partial charge in [0.15, 0.2) is 5.82 Å². The van der Waals surface area contributed by atoms with Crippen LogP contribution in [0.15, 0.2) is 47.1 Å². The second-order valence-electron chi connectivity index (χ2n) is 6.57. The Labute approximate surface area is 151 Å². The number of hydrogen-bond donors (Lipinski definition) is 0. The van der Waals surface area contributed by atoms with Crippen molar-refractivity contribution in [1.29, 1.82) is 0 Å². The first-order chi connectivity index (χ1) is 12.6. The number of aryl methyl sites for hydroxylation is 2. The van der Waals surface area contributed by atoms with Crippen LogP contribution in [-0.2, 0) is 11.2 Å². The van der Waals surface area contributed by atoms with Crippen LogP contribution in [0.5, 0.6) is 0 Å². The second-order valence-corrected chi connectivity index (χ2v) is 6.57. The average Bonchev–Trinajstić information content (AvgIpc) is 3.29. The SMILES string of the molecule is CCc1ccc(N2CC(c3noc(-c4ccc(C)nc4)n3)CC2=O)cc1. The van der Waals surface area contributed by atoms with Gasteiger partial charge in [-0.05, 0) is 43.2 Å². The van der Waals surface area contributed by atoms with Crippen LogP contribution in [0.4, 0.5) is 5.69 Å². The molecule has 6 nitrogen and oxygen atoms in total. The lowest BCUT2D eigenvalue weighted by atomic mass is 10.1. The summed E-state index contributed by atoms with van der Waals surface area (Å²) >= 11 is 0. The van der Waals surface area contributed by atoms with E-state index in [1.807, 2.05) is 31.2 Å². The molecule has 1 aliphatic rings. The van der Waals surface area contributed by atoms with Crippen LogP contribution in [0.25, 0.3) is 11.5 Å². The second kappa shape index (κ2) is 6.71.